The van der Waals surface area contributed by atoms with Crippen LogP contribution in [0.25, 0.3) is 0 Å². The standard InChI is InChI=1S/C9H10N2O2/c1-9(12)5-7-11(9,13)8-4-2-3-6-10-8/h2-7,12H,1H3. The maximum absolute atomic E-state index is 12.0. The minimum Gasteiger partial charge on any atom is -0.619 e. The third-order valence-electron chi connectivity index (χ3n) is 2.26. The van der Waals surface area contributed by atoms with E-state index >= 15 is 0 Å². The van der Waals surface area contributed by atoms with E-state index in [1.807, 2.05) is 0 Å². The Hall–Kier alpha value is -1.23. The second-order valence-corrected chi connectivity index (χ2v) is 3.26. The summed E-state index contributed by atoms with van der Waals surface area (Å²) in [6.07, 6.45) is 4.38. The molecule has 0 saturated carbocycles. The number of aliphatic hydroxyl groups is 1. The Labute approximate surface area is 75.9 Å². The van der Waals surface area contributed by atoms with Gasteiger partial charge in [-0.05, 0) is 6.07 Å². The molecule has 1 aliphatic heterocycles. The van der Waals surface area contributed by atoms with Gasteiger partial charge in [-0.3, -0.25) is 4.65 Å². The molecule has 0 saturated heterocycles. The van der Waals surface area contributed by atoms with Crippen LogP contribution in [0.3, 0.4) is 0 Å². The number of pyridine rings is 1. The predicted octanol–water partition coefficient (Wildman–Crippen LogP) is 1.12. The van der Waals surface area contributed by atoms with E-state index in [9.17, 15) is 10.3 Å². The summed E-state index contributed by atoms with van der Waals surface area (Å²) in [4.78, 5) is 3.92. The molecule has 0 radical (unpaired) electrons. The fourth-order valence-corrected chi connectivity index (χ4v) is 1.28. The molecule has 0 amide bonds. The van der Waals surface area contributed by atoms with Crippen LogP contribution >= 0.6 is 0 Å². The Kier molecular flexibility index (Phi) is 1.53. The smallest absolute Gasteiger partial charge is 0.234 e. The van der Waals surface area contributed by atoms with Crippen molar-refractivity contribution in [2.24, 2.45) is 0 Å². The summed E-state index contributed by atoms with van der Waals surface area (Å²) in [5.74, 6) is 0.301. The van der Waals surface area contributed by atoms with Crippen LogP contribution in [0.1, 0.15) is 6.92 Å². The zero-order chi connectivity index (χ0) is 9.53. The summed E-state index contributed by atoms with van der Waals surface area (Å²) in [5.41, 5.74) is -1.38. The average molecular weight is 178 g/mol. The highest BCUT2D eigenvalue weighted by molar-refractivity contribution is 5.47. The monoisotopic (exact) mass is 178 g/mol. The molecule has 1 aromatic rings. The van der Waals surface area contributed by atoms with Crippen LogP contribution in [-0.2, 0) is 0 Å². The Morgan fingerprint density at radius 3 is 2.69 bits per heavy atom. The molecule has 2 atom stereocenters. The molecule has 0 spiro atoms. The fraction of sp³-hybridized carbons (Fsp3) is 0.222. The molecule has 0 aliphatic carbocycles. The van der Waals surface area contributed by atoms with Crippen molar-refractivity contribution in [2.45, 2.75) is 12.6 Å². The average Bonchev–Trinajstić information content (AvgIpc) is 2.16. The van der Waals surface area contributed by atoms with Gasteiger partial charge < -0.3 is 10.3 Å². The molecule has 0 bridgehead atoms. The molecule has 2 unspecified atom stereocenters. The number of hydroxylamine groups is 2. The molecule has 2 rings (SSSR count). The van der Waals surface area contributed by atoms with Gasteiger partial charge in [0.15, 0.2) is 0 Å². The van der Waals surface area contributed by atoms with E-state index in [-0.39, 0.29) is 0 Å². The Morgan fingerprint density at radius 1 is 1.54 bits per heavy atom. The van der Waals surface area contributed by atoms with Gasteiger partial charge in [0.1, 0.15) is 6.20 Å². The summed E-state index contributed by atoms with van der Waals surface area (Å²) in [6.45, 7) is 1.47. The van der Waals surface area contributed by atoms with Crippen molar-refractivity contribution in [3.63, 3.8) is 0 Å². The minimum absolute atomic E-state index is 0.301. The van der Waals surface area contributed by atoms with Crippen LogP contribution in [-0.4, -0.2) is 15.8 Å². The number of rotatable bonds is 1. The molecule has 1 N–H and O–H groups in total. The summed E-state index contributed by atoms with van der Waals surface area (Å²) in [7, 11) is 0. The molecule has 0 fully saturated rings. The lowest BCUT2D eigenvalue weighted by Gasteiger charge is -2.51. The van der Waals surface area contributed by atoms with Crippen LogP contribution in [0.2, 0.25) is 0 Å². The molecule has 1 aliphatic rings. The van der Waals surface area contributed by atoms with Crippen molar-refractivity contribution < 1.29 is 5.11 Å². The van der Waals surface area contributed by atoms with Crippen molar-refractivity contribution >= 4 is 5.82 Å². The van der Waals surface area contributed by atoms with Crippen molar-refractivity contribution in [1.29, 1.82) is 0 Å². The number of hydrogen-bond donors (Lipinski definition) is 1. The highest BCUT2D eigenvalue weighted by Gasteiger charge is 2.46. The second-order valence-electron chi connectivity index (χ2n) is 3.26. The minimum atomic E-state index is -1.38. The van der Waals surface area contributed by atoms with Gasteiger partial charge >= 0.3 is 0 Å². The Bertz CT molecular complexity index is 348. The highest BCUT2D eigenvalue weighted by Crippen LogP contribution is 2.37. The van der Waals surface area contributed by atoms with Crippen LogP contribution in [0.5, 0.6) is 0 Å². The molecular weight excluding hydrogens is 168 g/mol. The molecule has 13 heavy (non-hydrogen) atoms. The number of hydrogen-bond acceptors (Lipinski definition) is 3. The Balaban J connectivity index is 2.44. The lowest BCUT2D eigenvalue weighted by molar-refractivity contribution is -0.0188. The number of nitrogens with zero attached hydrogens (tertiary/aromatic N) is 2. The lowest BCUT2D eigenvalue weighted by Crippen LogP contribution is -2.62. The van der Waals surface area contributed by atoms with Gasteiger partial charge in [0, 0.05) is 19.2 Å². The molecule has 4 nitrogen and oxygen atoms in total. The first-order valence-electron chi connectivity index (χ1n) is 4.00. The topological polar surface area (TPSA) is 56.2 Å². The predicted molar refractivity (Wildman–Crippen MR) is 49.2 cm³/mol. The van der Waals surface area contributed by atoms with E-state index < -0.39 is 10.4 Å². The molecule has 0 aromatic carbocycles. The second kappa shape index (κ2) is 2.38. The zero-order valence-corrected chi connectivity index (χ0v) is 7.21. The largest absolute Gasteiger partial charge is 0.619 e. The van der Waals surface area contributed by atoms with Gasteiger partial charge in [0.2, 0.25) is 11.5 Å². The number of quaternary nitrogens is 1. The van der Waals surface area contributed by atoms with Crippen molar-refractivity contribution in [2.75, 3.05) is 0 Å². The summed E-state index contributed by atoms with van der Waals surface area (Å²) in [5, 5.41) is 21.6. The van der Waals surface area contributed by atoms with Gasteiger partial charge in [0.25, 0.3) is 0 Å². The van der Waals surface area contributed by atoms with E-state index in [0.717, 1.165) is 0 Å². The third-order valence-corrected chi connectivity index (χ3v) is 2.26. The summed E-state index contributed by atoms with van der Waals surface area (Å²) < 4.78 is -0.895. The molecule has 1 aromatic heterocycles. The molecule has 2 heterocycles. The van der Waals surface area contributed by atoms with Gasteiger partial charge in [-0.15, -0.1) is 0 Å². The van der Waals surface area contributed by atoms with E-state index in [1.54, 1.807) is 18.2 Å². The van der Waals surface area contributed by atoms with Gasteiger partial charge in [-0.25, -0.2) is 4.98 Å². The highest BCUT2D eigenvalue weighted by atomic mass is 16.6. The van der Waals surface area contributed by atoms with E-state index in [2.05, 4.69) is 4.98 Å². The first-order valence-corrected chi connectivity index (χ1v) is 4.00. The SMILES string of the molecule is CC1(O)C=C[N+]1([O-])c1ccccn1. The Morgan fingerprint density at radius 2 is 2.31 bits per heavy atom. The molecule has 4 heteroatoms. The van der Waals surface area contributed by atoms with E-state index in [1.165, 1.54) is 25.4 Å². The van der Waals surface area contributed by atoms with Crippen LogP contribution < -0.4 is 4.65 Å². The third kappa shape index (κ3) is 1.00. The quantitative estimate of drug-likeness (QED) is 0.518. The van der Waals surface area contributed by atoms with Gasteiger partial charge in [-0.2, -0.15) is 0 Å². The maximum Gasteiger partial charge on any atom is 0.234 e. The first kappa shape index (κ1) is 8.37. The van der Waals surface area contributed by atoms with Crippen molar-refractivity contribution in [3.05, 3.63) is 41.9 Å². The maximum atomic E-state index is 12.0. The normalized spacial score (nSPS) is 37.2. The van der Waals surface area contributed by atoms with E-state index in [4.69, 9.17) is 0 Å². The van der Waals surface area contributed by atoms with Crippen molar-refractivity contribution in [1.82, 2.24) is 9.63 Å². The van der Waals surface area contributed by atoms with Gasteiger partial charge in [0.05, 0.1) is 6.08 Å². The van der Waals surface area contributed by atoms with Crippen LogP contribution in [0, 0.1) is 5.21 Å². The fourth-order valence-electron chi connectivity index (χ4n) is 1.28. The number of aromatic nitrogens is 1. The van der Waals surface area contributed by atoms with Gasteiger partial charge in [-0.1, -0.05) is 6.07 Å². The molecule has 68 valence electrons. The lowest BCUT2D eigenvalue weighted by atomic mass is 10.1. The van der Waals surface area contributed by atoms with Crippen molar-refractivity contribution in [3.8, 4) is 0 Å². The zero-order valence-electron chi connectivity index (χ0n) is 7.21. The molecular formula is C9H10N2O2. The van der Waals surface area contributed by atoms with Crippen LogP contribution in [0.15, 0.2) is 36.7 Å². The van der Waals surface area contributed by atoms with E-state index in [0.29, 0.717) is 5.82 Å². The summed E-state index contributed by atoms with van der Waals surface area (Å²) >= 11 is 0. The van der Waals surface area contributed by atoms with Crippen LogP contribution in [0.4, 0.5) is 5.82 Å². The summed E-state index contributed by atoms with van der Waals surface area (Å²) in [6, 6.07) is 5.06. The first-order chi connectivity index (χ1) is 6.06.